The number of aromatic nitrogens is 2. The van der Waals surface area contributed by atoms with E-state index in [0.29, 0.717) is 22.8 Å². The van der Waals surface area contributed by atoms with E-state index in [4.69, 9.17) is 9.47 Å². The highest BCUT2D eigenvalue weighted by Crippen LogP contribution is 2.35. The number of hydrogen-bond donors (Lipinski definition) is 2. The highest BCUT2D eigenvalue weighted by Gasteiger charge is 2.20. The number of hydrogen-bond acceptors (Lipinski definition) is 6. The fourth-order valence-electron chi connectivity index (χ4n) is 3.24. The van der Waals surface area contributed by atoms with Crippen molar-refractivity contribution in [3.63, 3.8) is 0 Å². The van der Waals surface area contributed by atoms with Gasteiger partial charge in [0, 0.05) is 23.4 Å². The SMILES string of the molecule is O=c1[nH]c(=O)n(-c2ccc3c(c2)OCO3)c(O)c1/C=C1\C=Nc2ccccc21. The minimum atomic E-state index is -0.760. The summed E-state index contributed by atoms with van der Waals surface area (Å²) in [7, 11) is 0. The fraction of sp³-hybridized carbons (Fsp3) is 0.0500. The molecule has 1 aromatic heterocycles. The Labute approximate surface area is 157 Å². The van der Waals surface area contributed by atoms with Gasteiger partial charge in [0.2, 0.25) is 12.7 Å². The number of allylic oxidation sites excluding steroid dienone is 1. The van der Waals surface area contributed by atoms with Crippen molar-refractivity contribution in [3.05, 3.63) is 74.4 Å². The van der Waals surface area contributed by atoms with Crippen LogP contribution in [-0.2, 0) is 0 Å². The number of H-pyrrole nitrogens is 1. The van der Waals surface area contributed by atoms with Gasteiger partial charge in [0.15, 0.2) is 11.5 Å². The summed E-state index contributed by atoms with van der Waals surface area (Å²) >= 11 is 0. The number of benzene rings is 2. The maximum absolute atomic E-state index is 12.4. The molecule has 8 heteroatoms. The summed E-state index contributed by atoms with van der Waals surface area (Å²) < 4.78 is 11.6. The van der Waals surface area contributed by atoms with E-state index in [2.05, 4.69) is 9.98 Å². The Balaban J connectivity index is 1.68. The van der Waals surface area contributed by atoms with Gasteiger partial charge in [-0.05, 0) is 24.3 Å². The van der Waals surface area contributed by atoms with E-state index >= 15 is 0 Å². The fourth-order valence-corrected chi connectivity index (χ4v) is 3.24. The summed E-state index contributed by atoms with van der Waals surface area (Å²) in [4.78, 5) is 31.3. The number of aliphatic imine (C=N–C) groups is 1. The highest BCUT2D eigenvalue weighted by molar-refractivity contribution is 6.21. The van der Waals surface area contributed by atoms with Gasteiger partial charge < -0.3 is 14.6 Å². The molecule has 2 N–H and O–H groups in total. The second kappa shape index (κ2) is 5.98. The second-order valence-electron chi connectivity index (χ2n) is 6.24. The summed E-state index contributed by atoms with van der Waals surface area (Å²) in [5.41, 5.74) is 1.11. The molecule has 3 aromatic rings. The van der Waals surface area contributed by atoms with Gasteiger partial charge in [-0.25, -0.2) is 9.36 Å². The lowest BCUT2D eigenvalue weighted by atomic mass is 10.1. The Kier molecular flexibility index (Phi) is 3.45. The van der Waals surface area contributed by atoms with Crippen molar-refractivity contribution < 1.29 is 14.6 Å². The van der Waals surface area contributed by atoms with Crippen LogP contribution in [0, 0.1) is 0 Å². The molecule has 5 rings (SSSR count). The topological polar surface area (TPSA) is 106 Å². The van der Waals surface area contributed by atoms with E-state index in [-0.39, 0.29) is 12.4 Å². The first kappa shape index (κ1) is 16.1. The molecule has 3 heterocycles. The van der Waals surface area contributed by atoms with Crippen LogP contribution in [0.25, 0.3) is 17.3 Å². The zero-order valence-corrected chi connectivity index (χ0v) is 14.4. The van der Waals surface area contributed by atoms with Crippen molar-refractivity contribution in [2.45, 2.75) is 0 Å². The van der Waals surface area contributed by atoms with Crippen LogP contribution in [0.15, 0.2) is 57.0 Å². The molecule has 2 aliphatic heterocycles. The number of rotatable bonds is 2. The monoisotopic (exact) mass is 375 g/mol. The van der Waals surface area contributed by atoms with Gasteiger partial charge in [-0.1, -0.05) is 18.2 Å². The summed E-state index contributed by atoms with van der Waals surface area (Å²) in [6.45, 7) is 0.0847. The summed E-state index contributed by atoms with van der Waals surface area (Å²) in [6, 6.07) is 12.2. The van der Waals surface area contributed by atoms with Gasteiger partial charge in [-0.15, -0.1) is 0 Å². The molecule has 2 aliphatic rings. The van der Waals surface area contributed by atoms with Gasteiger partial charge >= 0.3 is 5.69 Å². The number of aromatic amines is 1. The van der Waals surface area contributed by atoms with E-state index in [9.17, 15) is 14.7 Å². The number of nitrogens with one attached hydrogen (secondary N) is 1. The normalized spacial score (nSPS) is 15.2. The molecule has 0 atom stereocenters. The van der Waals surface area contributed by atoms with Crippen LogP contribution in [0.2, 0.25) is 0 Å². The van der Waals surface area contributed by atoms with Crippen molar-refractivity contribution in [2.24, 2.45) is 4.99 Å². The van der Waals surface area contributed by atoms with Gasteiger partial charge in [-0.2, -0.15) is 0 Å². The highest BCUT2D eigenvalue weighted by atomic mass is 16.7. The Bertz CT molecular complexity index is 1300. The van der Waals surface area contributed by atoms with Gasteiger partial charge in [0.25, 0.3) is 5.56 Å². The van der Waals surface area contributed by atoms with Crippen LogP contribution in [0.3, 0.4) is 0 Å². The largest absolute Gasteiger partial charge is 0.494 e. The van der Waals surface area contributed by atoms with Gasteiger partial charge in [0.05, 0.1) is 11.4 Å². The van der Waals surface area contributed by atoms with E-state index in [1.165, 1.54) is 6.08 Å². The van der Waals surface area contributed by atoms with Crippen LogP contribution in [0.5, 0.6) is 17.4 Å². The van der Waals surface area contributed by atoms with E-state index in [0.717, 1.165) is 15.8 Å². The first-order valence-electron chi connectivity index (χ1n) is 8.45. The van der Waals surface area contributed by atoms with E-state index < -0.39 is 17.1 Å². The number of ether oxygens (including phenoxy) is 2. The minimum Gasteiger partial charge on any atom is -0.494 e. The van der Waals surface area contributed by atoms with Crippen LogP contribution in [0.1, 0.15) is 11.1 Å². The van der Waals surface area contributed by atoms with Gasteiger partial charge in [-0.3, -0.25) is 14.8 Å². The van der Waals surface area contributed by atoms with Crippen molar-refractivity contribution in [1.29, 1.82) is 0 Å². The van der Waals surface area contributed by atoms with E-state index in [1.54, 1.807) is 24.4 Å². The third kappa shape index (κ3) is 2.43. The van der Waals surface area contributed by atoms with Crippen molar-refractivity contribution in [1.82, 2.24) is 9.55 Å². The molecule has 2 aromatic carbocycles. The van der Waals surface area contributed by atoms with Crippen molar-refractivity contribution in [2.75, 3.05) is 6.79 Å². The Morgan fingerprint density at radius 1 is 1.11 bits per heavy atom. The third-order valence-electron chi connectivity index (χ3n) is 4.59. The molecule has 0 amide bonds. The Morgan fingerprint density at radius 3 is 2.82 bits per heavy atom. The van der Waals surface area contributed by atoms with E-state index in [1.807, 2.05) is 24.3 Å². The number of para-hydroxylation sites is 1. The molecule has 0 spiro atoms. The molecule has 0 saturated carbocycles. The number of nitrogens with zero attached hydrogens (tertiary/aromatic N) is 2. The maximum Gasteiger partial charge on any atom is 0.335 e. The summed E-state index contributed by atoms with van der Waals surface area (Å²) in [5, 5.41) is 10.7. The third-order valence-corrected chi connectivity index (χ3v) is 4.59. The van der Waals surface area contributed by atoms with Crippen LogP contribution < -0.4 is 20.7 Å². The van der Waals surface area contributed by atoms with Crippen molar-refractivity contribution in [3.8, 4) is 23.1 Å². The molecule has 0 aliphatic carbocycles. The first-order chi connectivity index (χ1) is 13.6. The van der Waals surface area contributed by atoms with Gasteiger partial charge in [0.1, 0.15) is 5.56 Å². The smallest absolute Gasteiger partial charge is 0.335 e. The van der Waals surface area contributed by atoms with Crippen molar-refractivity contribution >= 4 is 23.6 Å². The minimum absolute atomic E-state index is 0.0459. The number of fused-ring (bicyclic) bond motifs is 2. The average Bonchev–Trinajstić information content (AvgIpc) is 3.31. The quantitative estimate of drug-likeness (QED) is 0.714. The standard InChI is InChI=1S/C20H13N3O5/c24-18-14(7-11-9-21-15-4-2-1-3-13(11)15)19(25)23(20(26)22-18)12-5-6-16-17(8-12)28-10-27-16/h1-9,25H,10H2,(H,22,24,26)/b11-7+. The molecule has 28 heavy (non-hydrogen) atoms. The summed E-state index contributed by atoms with van der Waals surface area (Å²) in [5.74, 6) is 0.520. The first-order valence-corrected chi connectivity index (χ1v) is 8.45. The molecule has 0 unspecified atom stereocenters. The summed E-state index contributed by atoms with van der Waals surface area (Å²) in [6.07, 6.45) is 3.12. The molecule has 0 bridgehead atoms. The van der Waals surface area contributed by atoms with Crippen LogP contribution in [-0.4, -0.2) is 27.7 Å². The zero-order valence-electron chi connectivity index (χ0n) is 14.4. The van der Waals surface area contributed by atoms with Crippen LogP contribution in [0.4, 0.5) is 5.69 Å². The number of aromatic hydroxyl groups is 1. The molecular weight excluding hydrogens is 362 g/mol. The Hall–Kier alpha value is -4.07. The Morgan fingerprint density at radius 2 is 1.93 bits per heavy atom. The molecular formula is C20H13N3O5. The maximum atomic E-state index is 12.4. The zero-order chi connectivity index (χ0) is 19.3. The molecule has 0 saturated heterocycles. The predicted octanol–water partition coefficient (Wildman–Crippen LogP) is 2.22. The molecule has 8 nitrogen and oxygen atoms in total. The molecule has 138 valence electrons. The lowest BCUT2D eigenvalue weighted by molar-refractivity contribution is 0.174. The molecule has 0 fully saturated rings. The molecule has 0 radical (unpaired) electrons. The van der Waals surface area contributed by atoms with Crippen LogP contribution >= 0.6 is 0 Å². The second-order valence-corrected chi connectivity index (χ2v) is 6.24. The predicted molar refractivity (Wildman–Crippen MR) is 103 cm³/mol. The lowest BCUT2D eigenvalue weighted by Gasteiger charge is -2.11. The average molecular weight is 375 g/mol. The lowest BCUT2D eigenvalue weighted by Crippen LogP contribution is -2.30.